The van der Waals surface area contributed by atoms with Gasteiger partial charge in [0.1, 0.15) is 10.5 Å². The molecule has 0 heterocycles. The molecule has 0 aliphatic carbocycles. The van der Waals surface area contributed by atoms with Crippen LogP contribution in [0.2, 0.25) is 18.1 Å². The number of hydrogen-bond donors (Lipinski definition) is 0. The van der Waals surface area contributed by atoms with Crippen LogP contribution in [0, 0.1) is 0 Å². The van der Waals surface area contributed by atoms with Crippen LogP contribution in [-0.2, 0) is 4.43 Å². The van der Waals surface area contributed by atoms with Crippen LogP contribution in [0.3, 0.4) is 0 Å². The van der Waals surface area contributed by atoms with Crippen molar-refractivity contribution in [2.45, 2.75) is 23.7 Å². The fourth-order valence-electron chi connectivity index (χ4n) is 5.22. The summed E-state index contributed by atoms with van der Waals surface area (Å²) in [5, 5.41) is 3.79. The summed E-state index contributed by atoms with van der Waals surface area (Å²) in [6.07, 6.45) is 0. The molecule has 3 aromatic carbocycles. The molecule has 0 bridgehead atoms. The third kappa shape index (κ3) is 7.48. The van der Waals surface area contributed by atoms with E-state index < -0.39 is 28.6 Å². The highest BCUT2D eigenvalue weighted by Crippen LogP contribution is 2.31. The summed E-state index contributed by atoms with van der Waals surface area (Å²) < 4.78 is 40.7. The van der Waals surface area contributed by atoms with Crippen LogP contribution in [0.25, 0.3) is 0 Å². The average molecular weight is 603 g/mol. The van der Waals surface area contributed by atoms with Gasteiger partial charge in [0.25, 0.3) is 0 Å². The van der Waals surface area contributed by atoms with Crippen LogP contribution in [0.4, 0.5) is 0 Å². The molecule has 0 amide bonds. The molecule has 7 nitrogen and oxygen atoms in total. The minimum absolute atomic E-state index is 0.187. The van der Waals surface area contributed by atoms with Crippen molar-refractivity contribution in [2.75, 3.05) is 42.7 Å². The molecule has 39 heavy (non-hydrogen) atoms. The highest BCUT2D eigenvalue weighted by molar-refractivity contribution is 6.59. The number of ether oxygens (including phenoxy) is 6. The Morgan fingerprint density at radius 1 is 0.513 bits per heavy atom. The summed E-state index contributed by atoms with van der Waals surface area (Å²) >= 11 is 0. The van der Waals surface area contributed by atoms with E-state index in [0.717, 1.165) is 52.6 Å². The normalized spacial score (nSPS) is 13.4. The predicted octanol–water partition coefficient (Wildman–Crippen LogP) is -0.188. The van der Waals surface area contributed by atoms with E-state index in [4.69, 9.17) is 32.8 Å². The molecule has 0 aromatic heterocycles. The second-order valence-corrected chi connectivity index (χ2v) is 15.0. The molecule has 0 saturated heterocycles. The lowest BCUT2D eigenvalue weighted by Crippen LogP contribution is -2.41. The fraction of sp³-hybridized carbons (Fsp3) is 0.357. The van der Waals surface area contributed by atoms with Crippen molar-refractivity contribution in [1.29, 1.82) is 0 Å². The Morgan fingerprint density at radius 2 is 0.821 bits per heavy atom. The minimum Gasteiger partial charge on any atom is -0.493 e. The summed E-state index contributed by atoms with van der Waals surface area (Å²) in [7, 11) is 8.71. The molecule has 0 unspecified atom stereocenters. The molecule has 3 rings (SSSR count). The minimum atomic E-state index is -0.727. The van der Waals surface area contributed by atoms with E-state index >= 15 is 0 Å². The molecule has 11 heteroatoms. The van der Waals surface area contributed by atoms with Gasteiger partial charge in [0, 0.05) is 5.60 Å². The van der Waals surface area contributed by atoms with Gasteiger partial charge in [-0.3, -0.25) is 0 Å². The van der Waals surface area contributed by atoms with Crippen LogP contribution >= 0.6 is 0 Å². The van der Waals surface area contributed by atoms with Crippen molar-refractivity contribution in [1.82, 2.24) is 0 Å². The van der Waals surface area contributed by atoms with Crippen molar-refractivity contribution in [3.05, 3.63) is 54.6 Å². The number of benzene rings is 3. The van der Waals surface area contributed by atoms with Crippen LogP contribution in [0.15, 0.2) is 54.6 Å². The molecule has 0 spiro atoms. The van der Waals surface area contributed by atoms with Crippen LogP contribution in [-0.4, -0.2) is 87.3 Å². The third-order valence-corrected chi connectivity index (χ3v) is 15.1. The Hall–Kier alpha value is -2.71. The quantitative estimate of drug-likeness (QED) is 0.211. The molecule has 0 N–H and O–H groups in total. The number of rotatable bonds is 16. The van der Waals surface area contributed by atoms with Gasteiger partial charge in [-0.2, -0.15) is 0 Å². The average Bonchev–Trinajstić information content (AvgIpc) is 2.99. The van der Waals surface area contributed by atoms with Gasteiger partial charge < -0.3 is 32.8 Å². The second-order valence-electron chi connectivity index (χ2n) is 9.35. The molecule has 3 aromatic rings. The molecular formula is C28H42O7Si4. The summed E-state index contributed by atoms with van der Waals surface area (Å²) in [4.78, 5) is 0. The maximum Gasteiger partial charge on any atom is 0.160 e. The largest absolute Gasteiger partial charge is 0.493 e. The molecule has 0 fully saturated rings. The highest BCUT2D eigenvalue weighted by Gasteiger charge is 2.31. The first kappa shape index (κ1) is 30.8. The van der Waals surface area contributed by atoms with Gasteiger partial charge >= 0.3 is 0 Å². The zero-order chi connectivity index (χ0) is 28.3. The summed E-state index contributed by atoms with van der Waals surface area (Å²) in [5.74, 6) is 4.91. The summed E-state index contributed by atoms with van der Waals surface area (Å²) in [6, 6.07) is 21.6. The lowest BCUT2D eigenvalue weighted by molar-refractivity contribution is 0.147. The van der Waals surface area contributed by atoms with Gasteiger partial charge in [-0.25, -0.2) is 0 Å². The van der Waals surface area contributed by atoms with E-state index in [-0.39, 0.29) is 5.60 Å². The molecule has 0 saturated carbocycles. The van der Waals surface area contributed by atoms with Gasteiger partial charge in [-0.15, -0.1) is 0 Å². The zero-order valence-corrected chi connectivity index (χ0v) is 30.5. The fourth-order valence-corrected chi connectivity index (χ4v) is 15.4. The molecule has 0 aliphatic rings. The van der Waals surface area contributed by atoms with E-state index in [2.05, 4.69) is 36.4 Å². The van der Waals surface area contributed by atoms with Crippen LogP contribution in [0.5, 0.6) is 34.5 Å². The standard InChI is InChI=1S/C28H42O7Si4/c1-29-19-10-7-13-22(25(19)32-4)37-16-28(35-36,17-38-23-14-8-11-20(30-2)26(23)33-5)18-39-24-15-9-12-21(31-3)27(24)34-6/h7-15H,16-18,37-39H2,1-6,36H3. The van der Waals surface area contributed by atoms with Crippen LogP contribution < -0.4 is 44.0 Å². The van der Waals surface area contributed by atoms with Gasteiger partial charge in [-0.05, 0) is 51.9 Å². The van der Waals surface area contributed by atoms with Crippen molar-refractivity contribution in [3.8, 4) is 34.5 Å². The van der Waals surface area contributed by atoms with E-state index in [1.165, 1.54) is 15.6 Å². The third-order valence-electron chi connectivity index (χ3n) is 7.44. The summed E-state index contributed by atoms with van der Waals surface area (Å²) in [5.41, 5.74) is -0.187. The number of para-hydroxylation sites is 3. The Morgan fingerprint density at radius 3 is 1.05 bits per heavy atom. The lowest BCUT2D eigenvalue weighted by Gasteiger charge is -2.34. The first-order valence-corrected chi connectivity index (χ1v) is 19.1. The first-order chi connectivity index (χ1) is 19.0. The Labute approximate surface area is 242 Å². The van der Waals surface area contributed by atoms with Gasteiger partial charge in [-0.1, -0.05) is 36.4 Å². The smallest absolute Gasteiger partial charge is 0.160 e. The van der Waals surface area contributed by atoms with E-state index in [0.29, 0.717) is 10.5 Å². The number of hydrogen-bond acceptors (Lipinski definition) is 7. The Bertz CT molecular complexity index is 1060. The molecule has 0 aliphatic heterocycles. The van der Waals surface area contributed by atoms with E-state index in [1.807, 2.05) is 18.2 Å². The molecule has 0 radical (unpaired) electrons. The number of methoxy groups -OCH3 is 6. The second kappa shape index (κ2) is 15.2. The van der Waals surface area contributed by atoms with Crippen molar-refractivity contribution in [2.24, 2.45) is 0 Å². The van der Waals surface area contributed by atoms with E-state index in [1.54, 1.807) is 42.7 Å². The maximum atomic E-state index is 6.62. The van der Waals surface area contributed by atoms with Crippen molar-refractivity contribution < 1.29 is 32.8 Å². The first-order valence-electron chi connectivity index (χ1n) is 13.1. The lowest BCUT2D eigenvalue weighted by atomic mass is 10.2. The van der Waals surface area contributed by atoms with Crippen LogP contribution in [0.1, 0.15) is 0 Å². The molecule has 212 valence electrons. The van der Waals surface area contributed by atoms with E-state index in [9.17, 15) is 0 Å². The van der Waals surface area contributed by atoms with Crippen molar-refractivity contribution in [3.63, 3.8) is 0 Å². The zero-order valence-electron chi connectivity index (χ0n) is 24.3. The highest BCUT2D eigenvalue weighted by atomic mass is 28.2. The Balaban J connectivity index is 1.92. The monoisotopic (exact) mass is 602 g/mol. The van der Waals surface area contributed by atoms with Gasteiger partial charge in [0.2, 0.25) is 0 Å². The SMILES string of the molecule is COc1cccc([SiH2]CC(C[SiH2]c2cccc(OC)c2OC)(C[SiH2]c2cccc(OC)c2OC)O[SiH3])c1OC. The summed E-state index contributed by atoms with van der Waals surface area (Å²) in [6.45, 7) is 0. The Kier molecular flexibility index (Phi) is 12.0. The van der Waals surface area contributed by atoms with Crippen molar-refractivity contribution >= 4 is 54.6 Å². The predicted molar refractivity (Wildman–Crippen MR) is 171 cm³/mol. The maximum absolute atomic E-state index is 6.62. The topological polar surface area (TPSA) is 64.6 Å². The molecular weight excluding hydrogens is 561 g/mol. The van der Waals surface area contributed by atoms with Gasteiger partial charge in [0.05, 0.1) is 71.2 Å². The molecule has 0 atom stereocenters. The van der Waals surface area contributed by atoms with Gasteiger partial charge in [0.15, 0.2) is 34.5 Å².